The van der Waals surface area contributed by atoms with E-state index in [1.54, 1.807) is 14.2 Å². The first-order valence-electron chi connectivity index (χ1n) is 13.3. The lowest BCUT2D eigenvalue weighted by atomic mass is 10.0. The molecule has 0 amide bonds. The van der Waals surface area contributed by atoms with E-state index in [1.165, 1.54) is 6.08 Å². The lowest BCUT2D eigenvalue weighted by Gasteiger charge is -2.33. The Hall–Kier alpha value is -5.15. The van der Waals surface area contributed by atoms with Gasteiger partial charge in [0, 0.05) is 24.3 Å². The summed E-state index contributed by atoms with van der Waals surface area (Å²) < 4.78 is 51.2. The average Bonchev–Trinajstić information content (AvgIpc) is 3.43. The van der Waals surface area contributed by atoms with Crippen LogP contribution in [0.15, 0.2) is 77.2 Å². The minimum absolute atomic E-state index is 0.0877. The summed E-state index contributed by atoms with van der Waals surface area (Å²) in [5.41, 5.74) is 6.25. The minimum Gasteiger partial charge on any atom is -0.626 e. The standard InChI is InChI=1S/C33H28BF2N2O4/c1-20-22(3)37-32(26(20)17-15-24-11-7-9-13-28(24)39-5)30-19-31(42-34(35,36)41-30)33-27(21(2)23(4)38-33)18-16-25-12-8-10-14-29(25)40-6/h7-14,19,37H,1-6H3/q-1/p+1/b33-31-. The van der Waals surface area contributed by atoms with Crippen LogP contribution in [0.3, 0.4) is 0 Å². The fourth-order valence-corrected chi connectivity index (χ4v) is 4.64. The number of benzene rings is 2. The van der Waals surface area contributed by atoms with Gasteiger partial charge in [-0.15, -0.1) is 0 Å². The molecule has 0 radical (unpaired) electrons. The first kappa shape index (κ1) is 28.4. The van der Waals surface area contributed by atoms with E-state index in [-0.39, 0.29) is 11.5 Å². The molecule has 1 aromatic heterocycles. The maximum atomic E-state index is 15.1. The lowest BCUT2D eigenvalue weighted by Crippen LogP contribution is -2.68. The van der Waals surface area contributed by atoms with Crippen LogP contribution >= 0.6 is 0 Å². The van der Waals surface area contributed by atoms with Crippen LogP contribution in [0.5, 0.6) is 11.5 Å². The summed E-state index contributed by atoms with van der Waals surface area (Å²) >= 11 is 0. The van der Waals surface area contributed by atoms with Crippen molar-refractivity contribution in [3.05, 3.63) is 111 Å². The maximum absolute atomic E-state index is 15.1. The predicted octanol–water partition coefficient (Wildman–Crippen LogP) is 4.95. The number of aryl methyl sites for hydroxylation is 1. The van der Waals surface area contributed by atoms with Gasteiger partial charge in [-0.3, -0.25) is 0 Å². The molecule has 0 fully saturated rings. The molecule has 2 aliphatic rings. The second kappa shape index (κ2) is 11.4. The van der Waals surface area contributed by atoms with E-state index < -0.39 is 7.11 Å². The van der Waals surface area contributed by atoms with Crippen LogP contribution in [0.25, 0.3) is 5.76 Å². The van der Waals surface area contributed by atoms with Crippen LogP contribution in [-0.4, -0.2) is 32.0 Å². The largest absolute Gasteiger partial charge is 0.726 e. The number of hydrogen-bond donors (Lipinski definition) is 2. The summed E-state index contributed by atoms with van der Waals surface area (Å²) in [6, 6.07) is 14.7. The van der Waals surface area contributed by atoms with Crippen molar-refractivity contribution in [1.82, 2.24) is 4.98 Å². The molecule has 0 saturated heterocycles. The van der Waals surface area contributed by atoms with Crippen LogP contribution in [0.2, 0.25) is 0 Å². The molecule has 0 atom stereocenters. The zero-order valence-electron chi connectivity index (χ0n) is 24.2. The molecule has 2 N–H and O–H groups in total. The van der Waals surface area contributed by atoms with Gasteiger partial charge in [-0.1, -0.05) is 47.9 Å². The van der Waals surface area contributed by atoms with Crippen molar-refractivity contribution < 1.29 is 32.4 Å². The van der Waals surface area contributed by atoms with Crippen molar-refractivity contribution in [1.29, 1.82) is 0 Å². The van der Waals surface area contributed by atoms with Crippen LogP contribution in [-0.2, 0) is 9.31 Å². The number of methoxy groups -OCH3 is 2. The zero-order chi connectivity index (χ0) is 30.0. The monoisotopic (exact) mass is 566 g/mol. The van der Waals surface area contributed by atoms with Crippen molar-refractivity contribution in [3.8, 4) is 35.2 Å². The number of allylic oxidation sites excluding steroid dienone is 3. The second-order valence-electron chi connectivity index (χ2n) is 9.79. The van der Waals surface area contributed by atoms with Gasteiger partial charge in [0.25, 0.3) is 5.70 Å². The highest BCUT2D eigenvalue weighted by molar-refractivity contribution is 6.53. The Balaban J connectivity index is 1.63. The molecule has 2 aliphatic heterocycles. The SMILES string of the molecule is COc1ccccc1C#CC1=C(C)C(C)=[NH+]/C1=C1/C=C(c2[nH]c(C)c(C)c2C#Cc2ccccc2OC)O[B-](F)(F)O1. The summed E-state index contributed by atoms with van der Waals surface area (Å²) in [7, 11) is -1.57. The Labute approximate surface area is 243 Å². The molecule has 5 rings (SSSR count). The number of aromatic amines is 1. The maximum Gasteiger partial charge on any atom is 0.726 e. The van der Waals surface area contributed by atoms with Gasteiger partial charge in [0.05, 0.1) is 36.6 Å². The predicted molar refractivity (Wildman–Crippen MR) is 159 cm³/mol. The third-order valence-electron chi connectivity index (χ3n) is 7.14. The van der Waals surface area contributed by atoms with Gasteiger partial charge in [-0.2, -0.15) is 0 Å². The number of hydrogen-bond acceptors (Lipinski definition) is 4. The Bertz CT molecular complexity index is 1840. The fourth-order valence-electron chi connectivity index (χ4n) is 4.64. The van der Waals surface area contributed by atoms with E-state index in [0.29, 0.717) is 45.2 Å². The number of aromatic nitrogens is 1. The van der Waals surface area contributed by atoms with Gasteiger partial charge in [-0.25, -0.2) is 4.99 Å². The van der Waals surface area contributed by atoms with Crippen LogP contribution < -0.4 is 14.5 Å². The number of rotatable bonds is 3. The summed E-state index contributed by atoms with van der Waals surface area (Å²) in [6.45, 7) is 7.45. The Morgan fingerprint density at radius 1 is 0.810 bits per heavy atom. The molecular formula is C33H29BF2N2O4. The average molecular weight is 566 g/mol. The number of halogens is 2. The number of para-hydroxylation sites is 2. The van der Waals surface area contributed by atoms with Crippen molar-refractivity contribution in [3.63, 3.8) is 0 Å². The molecule has 3 aromatic rings. The normalized spacial score (nSPS) is 17.1. The van der Waals surface area contributed by atoms with Crippen LogP contribution in [0, 0.1) is 37.5 Å². The summed E-state index contributed by atoms with van der Waals surface area (Å²) in [5.74, 6) is 13.5. The zero-order valence-corrected chi connectivity index (χ0v) is 24.2. The highest BCUT2D eigenvalue weighted by Crippen LogP contribution is 2.36. The molecule has 0 unspecified atom stereocenters. The quantitative estimate of drug-likeness (QED) is 0.348. The van der Waals surface area contributed by atoms with Crippen molar-refractivity contribution in [2.24, 2.45) is 0 Å². The fraction of sp³-hybridized carbons (Fsp3) is 0.182. The molecule has 212 valence electrons. The third-order valence-corrected chi connectivity index (χ3v) is 7.14. The summed E-state index contributed by atoms with van der Waals surface area (Å²) in [4.78, 5) is 6.35. The Morgan fingerprint density at radius 2 is 1.40 bits per heavy atom. The third kappa shape index (κ3) is 5.55. The second-order valence-corrected chi connectivity index (χ2v) is 9.79. The molecule has 9 heteroatoms. The topological polar surface area (TPSA) is 66.7 Å². The highest BCUT2D eigenvalue weighted by atomic mass is 19.3. The van der Waals surface area contributed by atoms with E-state index in [4.69, 9.17) is 18.8 Å². The smallest absolute Gasteiger partial charge is 0.626 e. The number of H-pyrrole nitrogens is 1. The molecule has 0 aliphatic carbocycles. The number of ether oxygens (including phenoxy) is 2. The highest BCUT2D eigenvalue weighted by Gasteiger charge is 2.42. The molecule has 6 nitrogen and oxygen atoms in total. The van der Waals surface area contributed by atoms with Crippen LogP contribution in [0.1, 0.15) is 47.5 Å². The van der Waals surface area contributed by atoms with E-state index in [0.717, 1.165) is 22.5 Å². The van der Waals surface area contributed by atoms with E-state index in [1.807, 2.05) is 76.2 Å². The minimum atomic E-state index is -4.70. The molecule has 0 spiro atoms. The van der Waals surface area contributed by atoms with Gasteiger partial charge in [0.1, 0.15) is 22.8 Å². The van der Waals surface area contributed by atoms with Crippen LogP contribution in [0.4, 0.5) is 8.63 Å². The summed E-state index contributed by atoms with van der Waals surface area (Å²) in [6.07, 6.45) is 1.44. The van der Waals surface area contributed by atoms with Gasteiger partial charge < -0.3 is 32.4 Å². The first-order valence-corrected chi connectivity index (χ1v) is 13.3. The van der Waals surface area contributed by atoms with Gasteiger partial charge in [0.15, 0.2) is 11.5 Å². The summed E-state index contributed by atoms with van der Waals surface area (Å²) in [5, 5.41) is 0. The molecule has 2 aromatic carbocycles. The Morgan fingerprint density at radius 3 is 2.02 bits per heavy atom. The molecule has 0 saturated carbocycles. The molecule has 0 bridgehead atoms. The van der Waals surface area contributed by atoms with E-state index >= 15 is 8.63 Å². The van der Waals surface area contributed by atoms with Gasteiger partial charge in [-0.05, 0) is 50.6 Å². The Kier molecular flexibility index (Phi) is 7.69. The van der Waals surface area contributed by atoms with E-state index in [9.17, 15) is 0 Å². The van der Waals surface area contributed by atoms with Crippen molar-refractivity contribution in [2.45, 2.75) is 27.7 Å². The molecular weight excluding hydrogens is 537 g/mol. The molecule has 3 heterocycles. The van der Waals surface area contributed by atoms with Gasteiger partial charge >= 0.3 is 7.11 Å². The van der Waals surface area contributed by atoms with Crippen molar-refractivity contribution in [2.75, 3.05) is 14.2 Å². The lowest BCUT2D eigenvalue weighted by molar-refractivity contribution is -0.391. The van der Waals surface area contributed by atoms with Crippen molar-refractivity contribution >= 4 is 18.6 Å². The van der Waals surface area contributed by atoms with Gasteiger partial charge in [0.2, 0.25) is 0 Å². The molecule has 42 heavy (non-hydrogen) atoms. The van der Waals surface area contributed by atoms with E-state index in [2.05, 4.69) is 33.7 Å². The number of nitrogens with one attached hydrogen (secondary N) is 2. The first-order chi connectivity index (χ1) is 20.1.